The van der Waals surface area contributed by atoms with Crippen molar-refractivity contribution in [2.24, 2.45) is 23.3 Å². The highest BCUT2D eigenvalue weighted by molar-refractivity contribution is 5.82. The molecule has 6 N–H and O–H groups in total. The standard InChI is InChI=1S/C18H30N4O2/c1-11(2)15(19)17(23)21-9-13-6-5-7-14(8-13)10-22-18(24)16(20)12(3)4/h5-8,11-12,15-16H,9-10,19-20H2,1-4H3,(H,21,23)(H,22,24). The molecule has 0 aliphatic heterocycles. The minimum absolute atomic E-state index is 0.0942. The summed E-state index contributed by atoms with van der Waals surface area (Å²) in [6.07, 6.45) is 0. The first kappa shape index (κ1) is 20.1. The molecular weight excluding hydrogens is 304 g/mol. The molecule has 2 atom stereocenters. The molecule has 134 valence electrons. The van der Waals surface area contributed by atoms with Crippen LogP contribution in [0, 0.1) is 11.8 Å². The minimum atomic E-state index is -0.509. The average molecular weight is 334 g/mol. The summed E-state index contributed by atoms with van der Waals surface area (Å²) in [6.45, 7) is 8.47. The van der Waals surface area contributed by atoms with E-state index in [1.54, 1.807) is 0 Å². The zero-order chi connectivity index (χ0) is 18.3. The van der Waals surface area contributed by atoms with Crippen molar-refractivity contribution in [2.45, 2.75) is 52.9 Å². The summed E-state index contributed by atoms with van der Waals surface area (Å²) in [5.41, 5.74) is 13.5. The highest BCUT2D eigenvalue weighted by Crippen LogP contribution is 2.06. The lowest BCUT2D eigenvalue weighted by Crippen LogP contribution is -2.43. The lowest BCUT2D eigenvalue weighted by atomic mass is 10.0. The van der Waals surface area contributed by atoms with E-state index in [9.17, 15) is 9.59 Å². The topological polar surface area (TPSA) is 110 Å². The fourth-order valence-corrected chi connectivity index (χ4v) is 2.07. The van der Waals surface area contributed by atoms with E-state index in [4.69, 9.17) is 11.5 Å². The number of nitrogens with two attached hydrogens (primary N) is 2. The van der Waals surface area contributed by atoms with Gasteiger partial charge in [-0.1, -0.05) is 52.0 Å². The molecule has 0 saturated heterocycles. The molecule has 0 aromatic heterocycles. The molecule has 6 heteroatoms. The third kappa shape index (κ3) is 6.29. The SMILES string of the molecule is CC(C)C(N)C(=O)NCc1cccc(CNC(=O)C(N)C(C)C)c1. The summed E-state index contributed by atoms with van der Waals surface area (Å²) in [4.78, 5) is 23.8. The van der Waals surface area contributed by atoms with Gasteiger partial charge in [-0.15, -0.1) is 0 Å². The van der Waals surface area contributed by atoms with Gasteiger partial charge in [0.1, 0.15) is 0 Å². The maximum Gasteiger partial charge on any atom is 0.237 e. The van der Waals surface area contributed by atoms with E-state index in [-0.39, 0.29) is 23.7 Å². The van der Waals surface area contributed by atoms with Crippen molar-refractivity contribution in [3.8, 4) is 0 Å². The van der Waals surface area contributed by atoms with E-state index >= 15 is 0 Å². The molecule has 0 aliphatic carbocycles. The molecule has 0 spiro atoms. The Balaban J connectivity index is 2.55. The first-order chi connectivity index (χ1) is 11.2. The highest BCUT2D eigenvalue weighted by Gasteiger charge is 2.17. The first-order valence-electron chi connectivity index (χ1n) is 8.36. The summed E-state index contributed by atoms with van der Waals surface area (Å²) >= 11 is 0. The largest absolute Gasteiger partial charge is 0.351 e. The molecule has 0 fully saturated rings. The van der Waals surface area contributed by atoms with Crippen molar-refractivity contribution < 1.29 is 9.59 Å². The number of benzene rings is 1. The Labute approximate surface area is 144 Å². The Bertz CT molecular complexity index is 512. The van der Waals surface area contributed by atoms with Gasteiger partial charge in [-0.2, -0.15) is 0 Å². The average Bonchev–Trinajstić information content (AvgIpc) is 2.56. The zero-order valence-electron chi connectivity index (χ0n) is 15.0. The Hall–Kier alpha value is -1.92. The molecule has 0 aliphatic rings. The van der Waals surface area contributed by atoms with Gasteiger partial charge in [0.05, 0.1) is 12.1 Å². The van der Waals surface area contributed by atoms with Crippen LogP contribution in [-0.2, 0) is 22.7 Å². The van der Waals surface area contributed by atoms with E-state index in [0.717, 1.165) is 11.1 Å². The predicted molar refractivity (Wildman–Crippen MR) is 95.8 cm³/mol. The van der Waals surface area contributed by atoms with Gasteiger partial charge in [0.25, 0.3) is 0 Å². The second kappa shape index (κ2) is 9.39. The van der Waals surface area contributed by atoms with Gasteiger partial charge < -0.3 is 22.1 Å². The Kier molecular flexibility index (Phi) is 7.88. The van der Waals surface area contributed by atoms with Crippen molar-refractivity contribution in [1.82, 2.24) is 10.6 Å². The number of hydrogen-bond donors (Lipinski definition) is 4. The molecule has 2 unspecified atom stereocenters. The van der Waals surface area contributed by atoms with Crippen LogP contribution in [-0.4, -0.2) is 23.9 Å². The number of rotatable bonds is 8. The van der Waals surface area contributed by atoms with Gasteiger partial charge in [-0.25, -0.2) is 0 Å². The molecule has 0 saturated carbocycles. The van der Waals surface area contributed by atoms with Crippen LogP contribution < -0.4 is 22.1 Å². The van der Waals surface area contributed by atoms with Crippen molar-refractivity contribution in [2.75, 3.05) is 0 Å². The fraction of sp³-hybridized carbons (Fsp3) is 0.556. The maximum atomic E-state index is 11.9. The normalized spacial score (nSPS) is 13.7. The predicted octanol–water partition coefficient (Wildman–Crippen LogP) is 0.886. The quantitative estimate of drug-likeness (QED) is 0.566. The number of carbonyl (C=O) groups excluding carboxylic acids is 2. The summed E-state index contributed by atoms with van der Waals surface area (Å²) in [5, 5.41) is 5.67. The fourth-order valence-electron chi connectivity index (χ4n) is 2.07. The second-order valence-corrected chi connectivity index (χ2v) is 6.80. The van der Waals surface area contributed by atoms with Crippen molar-refractivity contribution >= 4 is 11.8 Å². The number of nitrogens with one attached hydrogen (secondary N) is 2. The van der Waals surface area contributed by atoms with E-state index in [0.29, 0.717) is 13.1 Å². The van der Waals surface area contributed by atoms with E-state index in [1.165, 1.54) is 0 Å². The van der Waals surface area contributed by atoms with Crippen molar-refractivity contribution in [3.05, 3.63) is 35.4 Å². The number of amides is 2. The third-order valence-corrected chi connectivity index (χ3v) is 3.97. The molecule has 2 amide bonds. The lowest BCUT2D eigenvalue weighted by Gasteiger charge is -2.16. The summed E-state index contributed by atoms with van der Waals surface area (Å²) in [5.74, 6) is -0.133. The number of hydrogen-bond acceptors (Lipinski definition) is 4. The van der Waals surface area contributed by atoms with E-state index < -0.39 is 12.1 Å². The summed E-state index contributed by atoms with van der Waals surface area (Å²) in [6, 6.07) is 6.67. The van der Waals surface area contributed by atoms with Crippen LogP contribution in [0.1, 0.15) is 38.8 Å². The van der Waals surface area contributed by atoms with Crippen LogP contribution in [0.15, 0.2) is 24.3 Å². The Morgan fingerprint density at radius 1 is 0.875 bits per heavy atom. The van der Waals surface area contributed by atoms with Crippen LogP contribution >= 0.6 is 0 Å². The summed E-state index contributed by atoms with van der Waals surface area (Å²) in [7, 11) is 0. The van der Waals surface area contributed by atoms with Gasteiger partial charge in [0, 0.05) is 13.1 Å². The van der Waals surface area contributed by atoms with Gasteiger partial charge in [0.2, 0.25) is 11.8 Å². The van der Waals surface area contributed by atoms with Gasteiger partial charge in [-0.3, -0.25) is 9.59 Å². The molecule has 1 aromatic rings. The smallest absolute Gasteiger partial charge is 0.237 e. The molecule has 0 heterocycles. The van der Waals surface area contributed by atoms with Gasteiger partial charge >= 0.3 is 0 Å². The maximum absolute atomic E-state index is 11.9. The van der Waals surface area contributed by atoms with Crippen LogP contribution in [0.25, 0.3) is 0 Å². The van der Waals surface area contributed by atoms with Crippen LogP contribution in [0.2, 0.25) is 0 Å². The lowest BCUT2D eigenvalue weighted by molar-refractivity contribution is -0.124. The minimum Gasteiger partial charge on any atom is -0.351 e. The second-order valence-electron chi connectivity index (χ2n) is 6.80. The zero-order valence-corrected chi connectivity index (χ0v) is 15.0. The highest BCUT2D eigenvalue weighted by atomic mass is 16.2. The number of carbonyl (C=O) groups is 2. The third-order valence-electron chi connectivity index (χ3n) is 3.97. The molecule has 0 radical (unpaired) electrons. The monoisotopic (exact) mass is 334 g/mol. The molecule has 0 bridgehead atoms. The van der Waals surface area contributed by atoms with Crippen molar-refractivity contribution in [3.63, 3.8) is 0 Å². The Morgan fingerprint density at radius 2 is 1.25 bits per heavy atom. The van der Waals surface area contributed by atoms with Crippen LogP contribution in [0.5, 0.6) is 0 Å². The van der Waals surface area contributed by atoms with E-state index in [1.807, 2.05) is 52.0 Å². The van der Waals surface area contributed by atoms with Crippen LogP contribution in [0.4, 0.5) is 0 Å². The molecule has 1 rings (SSSR count). The summed E-state index contributed by atoms with van der Waals surface area (Å²) < 4.78 is 0. The Morgan fingerprint density at radius 3 is 1.58 bits per heavy atom. The van der Waals surface area contributed by atoms with Gasteiger partial charge in [0.15, 0.2) is 0 Å². The molecular formula is C18H30N4O2. The molecule has 6 nitrogen and oxygen atoms in total. The van der Waals surface area contributed by atoms with Crippen LogP contribution in [0.3, 0.4) is 0 Å². The van der Waals surface area contributed by atoms with Crippen molar-refractivity contribution in [1.29, 1.82) is 0 Å². The van der Waals surface area contributed by atoms with E-state index in [2.05, 4.69) is 10.6 Å². The molecule has 24 heavy (non-hydrogen) atoms. The first-order valence-corrected chi connectivity index (χ1v) is 8.36. The molecule has 1 aromatic carbocycles. The van der Waals surface area contributed by atoms with Gasteiger partial charge in [-0.05, 0) is 23.0 Å².